The lowest BCUT2D eigenvalue weighted by molar-refractivity contribution is 0.316. The quantitative estimate of drug-likeness (QED) is 0.482. The third kappa shape index (κ3) is 2.72. The molecule has 3 heteroatoms. The molecule has 0 radical (unpaired) electrons. The molecule has 1 aliphatic rings. The van der Waals surface area contributed by atoms with Gasteiger partial charge in [0.25, 0.3) is 0 Å². The first-order valence-corrected chi connectivity index (χ1v) is 4.81. The van der Waals surface area contributed by atoms with Gasteiger partial charge in [-0.25, -0.2) is 0 Å². The van der Waals surface area contributed by atoms with Crippen molar-refractivity contribution in [3.8, 4) is 0 Å². The number of guanidine groups is 1. The Kier molecular flexibility index (Phi) is 3.38. The minimum atomic E-state index is 0.247. The van der Waals surface area contributed by atoms with E-state index in [1.807, 2.05) is 0 Å². The SMILES string of the molecule is CCC1CCCC(N=C(N)N)C1. The first kappa shape index (κ1) is 9.36. The highest BCUT2D eigenvalue weighted by molar-refractivity contribution is 5.75. The molecule has 70 valence electrons. The molecule has 2 atom stereocenters. The van der Waals surface area contributed by atoms with Crippen molar-refractivity contribution in [1.29, 1.82) is 0 Å². The van der Waals surface area contributed by atoms with Gasteiger partial charge < -0.3 is 11.5 Å². The fraction of sp³-hybridized carbons (Fsp3) is 0.889. The van der Waals surface area contributed by atoms with Crippen LogP contribution in [-0.4, -0.2) is 12.0 Å². The molecular weight excluding hydrogens is 150 g/mol. The van der Waals surface area contributed by atoms with Gasteiger partial charge in [0, 0.05) is 0 Å². The Morgan fingerprint density at radius 2 is 2.17 bits per heavy atom. The summed E-state index contributed by atoms with van der Waals surface area (Å²) in [5.41, 5.74) is 10.7. The van der Waals surface area contributed by atoms with Gasteiger partial charge in [-0.05, 0) is 18.8 Å². The normalized spacial score (nSPS) is 29.8. The second-order valence-corrected chi connectivity index (χ2v) is 3.65. The molecule has 0 aromatic heterocycles. The van der Waals surface area contributed by atoms with Gasteiger partial charge in [0.1, 0.15) is 0 Å². The smallest absolute Gasteiger partial charge is 0.186 e. The van der Waals surface area contributed by atoms with Crippen LogP contribution < -0.4 is 11.5 Å². The maximum Gasteiger partial charge on any atom is 0.186 e. The number of nitrogens with two attached hydrogens (primary N) is 2. The Labute approximate surface area is 74.2 Å². The van der Waals surface area contributed by atoms with Crippen molar-refractivity contribution in [3.05, 3.63) is 0 Å². The molecule has 0 spiro atoms. The average Bonchev–Trinajstić information content (AvgIpc) is 2.03. The Morgan fingerprint density at radius 1 is 1.42 bits per heavy atom. The summed E-state index contributed by atoms with van der Waals surface area (Å²) in [6.07, 6.45) is 6.23. The van der Waals surface area contributed by atoms with Crippen LogP contribution in [0.25, 0.3) is 0 Å². The van der Waals surface area contributed by atoms with Crippen LogP contribution >= 0.6 is 0 Å². The number of hydrogen-bond acceptors (Lipinski definition) is 1. The summed E-state index contributed by atoms with van der Waals surface area (Å²) in [6.45, 7) is 2.24. The molecule has 0 aromatic rings. The fourth-order valence-corrected chi connectivity index (χ4v) is 1.96. The van der Waals surface area contributed by atoms with Crippen LogP contribution in [0.15, 0.2) is 4.99 Å². The zero-order valence-corrected chi connectivity index (χ0v) is 7.79. The summed E-state index contributed by atoms with van der Waals surface area (Å²) in [4.78, 5) is 4.21. The maximum absolute atomic E-state index is 5.34. The molecule has 4 N–H and O–H groups in total. The monoisotopic (exact) mass is 169 g/mol. The molecule has 0 amide bonds. The lowest BCUT2D eigenvalue weighted by Gasteiger charge is -2.25. The Morgan fingerprint density at radius 3 is 2.75 bits per heavy atom. The minimum Gasteiger partial charge on any atom is -0.370 e. The molecule has 0 saturated heterocycles. The first-order chi connectivity index (χ1) is 5.72. The lowest BCUT2D eigenvalue weighted by atomic mass is 9.84. The van der Waals surface area contributed by atoms with Crippen molar-refractivity contribution in [2.45, 2.75) is 45.1 Å². The van der Waals surface area contributed by atoms with E-state index in [1.54, 1.807) is 0 Å². The molecule has 1 saturated carbocycles. The second-order valence-electron chi connectivity index (χ2n) is 3.65. The van der Waals surface area contributed by atoms with Gasteiger partial charge in [-0.15, -0.1) is 0 Å². The highest BCUT2D eigenvalue weighted by Gasteiger charge is 2.19. The van der Waals surface area contributed by atoms with E-state index in [9.17, 15) is 0 Å². The number of hydrogen-bond donors (Lipinski definition) is 2. The fourth-order valence-electron chi connectivity index (χ4n) is 1.96. The summed E-state index contributed by atoms with van der Waals surface area (Å²) in [5.74, 6) is 1.09. The van der Waals surface area contributed by atoms with Gasteiger partial charge in [0.05, 0.1) is 6.04 Å². The van der Waals surface area contributed by atoms with Crippen molar-refractivity contribution >= 4 is 5.96 Å². The van der Waals surface area contributed by atoms with E-state index in [1.165, 1.54) is 25.7 Å². The summed E-state index contributed by atoms with van der Waals surface area (Å²) in [5, 5.41) is 0. The van der Waals surface area contributed by atoms with E-state index in [2.05, 4.69) is 11.9 Å². The third-order valence-electron chi connectivity index (χ3n) is 2.66. The third-order valence-corrected chi connectivity index (χ3v) is 2.66. The summed E-state index contributed by atoms with van der Waals surface area (Å²) >= 11 is 0. The van der Waals surface area contributed by atoms with Crippen LogP contribution in [0.5, 0.6) is 0 Å². The zero-order valence-electron chi connectivity index (χ0n) is 7.79. The van der Waals surface area contributed by atoms with E-state index < -0.39 is 0 Å². The van der Waals surface area contributed by atoms with Crippen molar-refractivity contribution in [1.82, 2.24) is 0 Å². The molecule has 0 aromatic carbocycles. The highest BCUT2D eigenvalue weighted by Crippen LogP contribution is 2.28. The minimum absolute atomic E-state index is 0.247. The van der Waals surface area contributed by atoms with Gasteiger partial charge >= 0.3 is 0 Å². The molecule has 3 nitrogen and oxygen atoms in total. The second kappa shape index (κ2) is 4.33. The maximum atomic E-state index is 5.34. The topological polar surface area (TPSA) is 64.4 Å². The molecule has 12 heavy (non-hydrogen) atoms. The van der Waals surface area contributed by atoms with E-state index >= 15 is 0 Å². The van der Waals surface area contributed by atoms with Crippen LogP contribution in [0.2, 0.25) is 0 Å². The summed E-state index contributed by atoms with van der Waals surface area (Å²) in [7, 11) is 0. The van der Waals surface area contributed by atoms with E-state index in [0.717, 1.165) is 12.3 Å². The van der Waals surface area contributed by atoms with Crippen LogP contribution in [0.4, 0.5) is 0 Å². The van der Waals surface area contributed by atoms with E-state index in [4.69, 9.17) is 11.5 Å². The number of rotatable bonds is 2. The standard InChI is InChI=1S/C9H19N3/c1-2-7-4-3-5-8(6-7)12-9(10)11/h7-8H,2-6H2,1H3,(H4,10,11,12). The van der Waals surface area contributed by atoms with Crippen molar-refractivity contribution < 1.29 is 0 Å². The predicted molar refractivity (Wildman–Crippen MR) is 51.8 cm³/mol. The van der Waals surface area contributed by atoms with Gasteiger partial charge in [-0.3, -0.25) is 4.99 Å². The van der Waals surface area contributed by atoms with Crippen LogP contribution in [0, 0.1) is 5.92 Å². The van der Waals surface area contributed by atoms with Crippen LogP contribution in [-0.2, 0) is 0 Å². The number of nitrogens with zero attached hydrogens (tertiary/aromatic N) is 1. The van der Waals surface area contributed by atoms with Crippen molar-refractivity contribution in [3.63, 3.8) is 0 Å². The molecule has 1 aliphatic carbocycles. The van der Waals surface area contributed by atoms with Gasteiger partial charge in [0.15, 0.2) is 5.96 Å². The molecule has 1 rings (SSSR count). The summed E-state index contributed by atoms with van der Waals surface area (Å²) in [6, 6.07) is 0.397. The lowest BCUT2D eigenvalue weighted by Crippen LogP contribution is -2.27. The van der Waals surface area contributed by atoms with Crippen LogP contribution in [0.3, 0.4) is 0 Å². The Hall–Kier alpha value is -0.730. The Bertz CT molecular complexity index is 161. The molecule has 0 heterocycles. The van der Waals surface area contributed by atoms with Crippen molar-refractivity contribution in [2.75, 3.05) is 0 Å². The van der Waals surface area contributed by atoms with Gasteiger partial charge in [-0.2, -0.15) is 0 Å². The van der Waals surface area contributed by atoms with Crippen molar-refractivity contribution in [2.24, 2.45) is 22.4 Å². The first-order valence-electron chi connectivity index (χ1n) is 4.81. The van der Waals surface area contributed by atoms with Gasteiger partial charge in [-0.1, -0.05) is 26.2 Å². The number of aliphatic imine (C=N–C) groups is 1. The largest absolute Gasteiger partial charge is 0.370 e. The highest BCUT2D eigenvalue weighted by atomic mass is 15.0. The average molecular weight is 169 g/mol. The zero-order chi connectivity index (χ0) is 8.97. The molecule has 0 aliphatic heterocycles. The Balaban J connectivity index is 2.40. The molecule has 1 fully saturated rings. The summed E-state index contributed by atoms with van der Waals surface area (Å²) < 4.78 is 0. The van der Waals surface area contributed by atoms with E-state index in [-0.39, 0.29) is 5.96 Å². The molecule has 2 unspecified atom stereocenters. The molecular formula is C9H19N3. The van der Waals surface area contributed by atoms with Crippen LogP contribution in [0.1, 0.15) is 39.0 Å². The molecule has 0 bridgehead atoms. The predicted octanol–water partition coefficient (Wildman–Crippen LogP) is 1.23. The van der Waals surface area contributed by atoms with E-state index in [0.29, 0.717) is 6.04 Å². The van der Waals surface area contributed by atoms with Gasteiger partial charge in [0.2, 0.25) is 0 Å².